The average molecular weight is 227 g/mol. The second-order valence-electron chi connectivity index (χ2n) is 2.99. The van der Waals surface area contributed by atoms with Crippen LogP contribution in [0.1, 0.15) is 0 Å². The molecular weight excluding hydrogens is 219 g/mol. The summed E-state index contributed by atoms with van der Waals surface area (Å²) in [6.45, 7) is 0. The van der Waals surface area contributed by atoms with E-state index in [1.807, 2.05) is 23.9 Å². The molecule has 0 radical (unpaired) electrons. The van der Waals surface area contributed by atoms with Gasteiger partial charge in [0.25, 0.3) is 0 Å². The van der Waals surface area contributed by atoms with E-state index < -0.39 is 0 Å². The highest BCUT2D eigenvalue weighted by Crippen LogP contribution is 2.28. The zero-order valence-corrected chi connectivity index (χ0v) is 9.05. The third kappa shape index (κ3) is 1.63. The molecule has 1 heterocycles. The van der Waals surface area contributed by atoms with Gasteiger partial charge in [0.2, 0.25) is 0 Å². The fourth-order valence-electron chi connectivity index (χ4n) is 1.30. The molecule has 0 aliphatic rings. The van der Waals surface area contributed by atoms with Crippen LogP contribution in [0.2, 0.25) is 10.0 Å². The van der Waals surface area contributed by atoms with Crippen molar-refractivity contribution >= 4 is 23.2 Å². The summed E-state index contributed by atoms with van der Waals surface area (Å²) in [4.78, 5) is 4.21. The first-order valence-corrected chi connectivity index (χ1v) is 4.87. The van der Waals surface area contributed by atoms with Crippen LogP contribution in [0.5, 0.6) is 0 Å². The predicted molar refractivity (Wildman–Crippen MR) is 58.7 cm³/mol. The quantitative estimate of drug-likeness (QED) is 0.730. The van der Waals surface area contributed by atoms with Crippen LogP contribution >= 0.6 is 23.2 Å². The number of benzene rings is 1. The first-order valence-electron chi connectivity index (χ1n) is 4.11. The molecule has 0 spiro atoms. The molecule has 2 nitrogen and oxygen atoms in total. The largest absolute Gasteiger partial charge is 0.334 e. The molecule has 1 aromatic carbocycles. The summed E-state index contributed by atoms with van der Waals surface area (Å²) in [5.41, 5.74) is 0.892. The maximum Gasteiger partial charge on any atom is 0.141 e. The lowest BCUT2D eigenvalue weighted by atomic mass is 10.2. The first-order chi connectivity index (χ1) is 6.68. The van der Waals surface area contributed by atoms with E-state index in [1.165, 1.54) is 0 Å². The summed E-state index contributed by atoms with van der Waals surface area (Å²) >= 11 is 11.9. The van der Waals surface area contributed by atoms with E-state index in [2.05, 4.69) is 4.98 Å². The molecule has 4 heteroatoms. The van der Waals surface area contributed by atoms with Crippen LogP contribution in [0.3, 0.4) is 0 Å². The molecule has 0 fully saturated rings. The van der Waals surface area contributed by atoms with Crippen molar-refractivity contribution in [3.8, 4) is 11.4 Å². The molecule has 0 saturated heterocycles. The minimum absolute atomic E-state index is 0.617. The van der Waals surface area contributed by atoms with E-state index >= 15 is 0 Å². The summed E-state index contributed by atoms with van der Waals surface area (Å²) in [6, 6.07) is 5.39. The summed E-state index contributed by atoms with van der Waals surface area (Å²) in [7, 11) is 1.92. The minimum atomic E-state index is 0.617. The Morgan fingerprint density at radius 3 is 2.64 bits per heavy atom. The Bertz CT molecular complexity index is 463. The summed E-state index contributed by atoms with van der Waals surface area (Å²) < 4.78 is 1.91. The molecule has 72 valence electrons. The van der Waals surface area contributed by atoms with Crippen LogP contribution in [-0.4, -0.2) is 9.55 Å². The van der Waals surface area contributed by atoms with Gasteiger partial charge in [-0.2, -0.15) is 0 Å². The van der Waals surface area contributed by atoms with Crippen molar-refractivity contribution in [1.82, 2.24) is 9.55 Å². The van der Waals surface area contributed by atoms with Crippen molar-refractivity contribution < 1.29 is 0 Å². The molecule has 14 heavy (non-hydrogen) atoms. The van der Waals surface area contributed by atoms with Crippen molar-refractivity contribution in [2.24, 2.45) is 7.05 Å². The van der Waals surface area contributed by atoms with Crippen molar-refractivity contribution in [3.05, 3.63) is 40.6 Å². The van der Waals surface area contributed by atoms with Crippen molar-refractivity contribution in [2.45, 2.75) is 0 Å². The highest BCUT2D eigenvalue weighted by Gasteiger charge is 2.07. The number of aromatic nitrogens is 2. The van der Waals surface area contributed by atoms with Crippen LogP contribution in [0.15, 0.2) is 30.6 Å². The molecule has 0 unspecified atom stereocenters. The number of rotatable bonds is 1. The Hall–Kier alpha value is -0.990. The third-order valence-electron chi connectivity index (χ3n) is 1.99. The number of nitrogens with zero attached hydrogens (tertiary/aromatic N) is 2. The number of imidazole rings is 1. The second kappa shape index (κ2) is 3.64. The predicted octanol–water partition coefficient (Wildman–Crippen LogP) is 3.39. The Balaban J connectivity index is 2.58. The Labute approximate surface area is 92.1 Å². The van der Waals surface area contributed by atoms with Gasteiger partial charge in [0.05, 0.1) is 5.02 Å². The van der Waals surface area contributed by atoms with Gasteiger partial charge in [0.1, 0.15) is 5.82 Å². The summed E-state index contributed by atoms with van der Waals surface area (Å²) in [5.74, 6) is 0.840. The van der Waals surface area contributed by atoms with Gasteiger partial charge in [-0.1, -0.05) is 23.2 Å². The van der Waals surface area contributed by atoms with Crippen molar-refractivity contribution in [2.75, 3.05) is 0 Å². The zero-order chi connectivity index (χ0) is 10.1. The smallest absolute Gasteiger partial charge is 0.141 e. The lowest BCUT2D eigenvalue weighted by molar-refractivity contribution is 0.925. The molecule has 1 aromatic heterocycles. The number of aryl methyl sites for hydroxylation is 1. The molecule has 0 atom stereocenters. The van der Waals surface area contributed by atoms with Crippen molar-refractivity contribution in [1.29, 1.82) is 0 Å². The fourth-order valence-corrected chi connectivity index (χ4v) is 1.79. The SMILES string of the molecule is Cn1ccnc1-c1ccc(Cl)cc1Cl. The molecule has 0 saturated carbocycles. The van der Waals surface area contributed by atoms with Crippen LogP contribution in [0.4, 0.5) is 0 Å². The van der Waals surface area contributed by atoms with Gasteiger partial charge in [0, 0.05) is 30.0 Å². The van der Waals surface area contributed by atoms with E-state index in [1.54, 1.807) is 18.3 Å². The molecule has 0 amide bonds. The Morgan fingerprint density at radius 1 is 1.29 bits per heavy atom. The molecule has 2 aromatic rings. The normalized spacial score (nSPS) is 10.5. The lowest BCUT2D eigenvalue weighted by Gasteiger charge is -2.04. The molecular formula is C10H8Cl2N2. The van der Waals surface area contributed by atoms with Crippen LogP contribution in [-0.2, 0) is 7.05 Å². The fraction of sp³-hybridized carbons (Fsp3) is 0.100. The second-order valence-corrected chi connectivity index (χ2v) is 3.83. The van der Waals surface area contributed by atoms with Gasteiger partial charge in [-0.15, -0.1) is 0 Å². The van der Waals surface area contributed by atoms with Gasteiger partial charge in [-0.3, -0.25) is 0 Å². The van der Waals surface area contributed by atoms with Crippen molar-refractivity contribution in [3.63, 3.8) is 0 Å². The maximum absolute atomic E-state index is 6.06. The number of hydrogen-bond acceptors (Lipinski definition) is 1. The third-order valence-corrected chi connectivity index (χ3v) is 2.54. The van der Waals surface area contributed by atoms with E-state index in [0.717, 1.165) is 11.4 Å². The standard InChI is InChI=1S/C10H8Cl2N2/c1-14-5-4-13-10(14)8-3-2-7(11)6-9(8)12/h2-6H,1H3. The Morgan fingerprint density at radius 2 is 2.07 bits per heavy atom. The molecule has 0 aliphatic carbocycles. The van der Waals surface area contributed by atoms with E-state index in [4.69, 9.17) is 23.2 Å². The topological polar surface area (TPSA) is 17.8 Å². The van der Waals surface area contributed by atoms with E-state index in [0.29, 0.717) is 10.0 Å². The molecule has 2 rings (SSSR count). The van der Waals surface area contributed by atoms with Gasteiger partial charge in [0.15, 0.2) is 0 Å². The lowest BCUT2D eigenvalue weighted by Crippen LogP contribution is -1.91. The number of hydrogen-bond donors (Lipinski definition) is 0. The van der Waals surface area contributed by atoms with Gasteiger partial charge >= 0.3 is 0 Å². The van der Waals surface area contributed by atoms with Crippen LogP contribution in [0.25, 0.3) is 11.4 Å². The van der Waals surface area contributed by atoms with E-state index in [9.17, 15) is 0 Å². The first kappa shape index (κ1) is 9.56. The van der Waals surface area contributed by atoms with Gasteiger partial charge in [-0.05, 0) is 18.2 Å². The van der Waals surface area contributed by atoms with Crippen LogP contribution in [0, 0.1) is 0 Å². The summed E-state index contributed by atoms with van der Waals surface area (Å²) in [5, 5.41) is 1.25. The average Bonchev–Trinajstić information content (AvgIpc) is 2.52. The summed E-state index contributed by atoms with van der Waals surface area (Å²) in [6.07, 6.45) is 3.61. The molecule has 0 aliphatic heterocycles. The minimum Gasteiger partial charge on any atom is -0.334 e. The molecule has 0 bridgehead atoms. The van der Waals surface area contributed by atoms with Gasteiger partial charge < -0.3 is 4.57 Å². The highest BCUT2D eigenvalue weighted by molar-refractivity contribution is 6.36. The Kier molecular flexibility index (Phi) is 2.48. The van der Waals surface area contributed by atoms with Crippen LogP contribution < -0.4 is 0 Å². The van der Waals surface area contributed by atoms with Gasteiger partial charge in [-0.25, -0.2) is 4.98 Å². The number of halogens is 2. The zero-order valence-electron chi connectivity index (χ0n) is 7.54. The highest BCUT2D eigenvalue weighted by atomic mass is 35.5. The maximum atomic E-state index is 6.06. The van der Waals surface area contributed by atoms with E-state index in [-0.39, 0.29) is 0 Å². The molecule has 0 N–H and O–H groups in total. The monoisotopic (exact) mass is 226 g/mol.